The Morgan fingerprint density at radius 2 is 1.83 bits per heavy atom. The molecule has 1 heterocycles. The Hall–Kier alpha value is -1.74. The van der Waals surface area contributed by atoms with Crippen molar-refractivity contribution in [1.82, 2.24) is 4.98 Å². The highest BCUT2D eigenvalue weighted by Gasteiger charge is 2.05. The fraction of sp³-hybridized carbons (Fsp3) is 0.214. The molecule has 0 unspecified atom stereocenters. The number of halogens is 1. The van der Waals surface area contributed by atoms with Gasteiger partial charge in [-0.25, -0.2) is 4.79 Å². The molecule has 2 aromatic rings. The van der Waals surface area contributed by atoms with Crippen LogP contribution in [0.4, 0.5) is 0 Å². The number of aryl methyl sites for hydroxylation is 2. The maximum atomic E-state index is 10.7. The van der Waals surface area contributed by atoms with E-state index >= 15 is 0 Å². The largest absolute Gasteiger partial charge is 0.477 e. The van der Waals surface area contributed by atoms with E-state index in [0.29, 0.717) is 0 Å². The average molecular weight is 264 g/mol. The highest BCUT2D eigenvalue weighted by Crippen LogP contribution is 2.13. The van der Waals surface area contributed by atoms with Gasteiger partial charge in [-0.15, -0.1) is 0 Å². The molecule has 0 aliphatic carbocycles. The minimum Gasteiger partial charge on any atom is -0.477 e. The van der Waals surface area contributed by atoms with Crippen LogP contribution in [0.1, 0.15) is 28.0 Å². The second kappa shape index (κ2) is 5.74. The maximum Gasteiger partial charge on any atom is 0.352 e. The molecular formula is C14H14ClNO2. The molecule has 0 aliphatic heterocycles. The Labute approximate surface area is 110 Å². The van der Waals surface area contributed by atoms with Gasteiger partial charge < -0.3 is 10.1 Å². The molecule has 0 radical (unpaired) electrons. The summed E-state index contributed by atoms with van der Waals surface area (Å²) in [5.41, 5.74) is 2.52. The first kappa shape index (κ1) is 12.7. The van der Waals surface area contributed by atoms with E-state index in [1.54, 1.807) is 12.3 Å². The van der Waals surface area contributed by atoms with Gasteiger partial charge in [0, 0.05) is 11.2 Å². The SMILES string of the molecule is O=C(O)c1cc(CCCc2ccc(Cl)cc2)c[nH]1. The number of carboxylic acid groups (broad SMARTS) is 1. The Bertz CT molecular complexity index is 531. The van der Waals surface area contributed by atoms with Crippen LogP contribution >= 0.6 is 11.6 Å². The van der Waals surface area contributed by atoms with E-state index in [1.807, 2.05) is 24.3 Å². The van der Waals surface area contributed by atoms with Crippen LogP contribution in [0.15, 0.2) is 36.5 Å². The third-order valence-corrected chi connectivity index (χ3v) is 3.07. The highest BCUT2D eigenvalue weighted by atomic mass is 35.5. The minimum atomic E-state index is -0.918. The molecule has 0 atom stereocenters. The lowest BCUT2D eigenvalue weighted by Gasteiger charge is -2.00. The van der Waals surface area contributed by atoms with E-state index in [2.05, 4.69) is 4.98 Å². The van der Waals surface area contributed by atoms with E-state index in [1.165, 1.54) is 5.56 Å². The smallest absolute Gasteiger partial charge is 0.352 e. The van der Waals surface area contributed by atoms with Crippen LogP contribution in [0, 0.1) is 0 Å². The molecule has 0 aliphatic rings. The summed E-state index contributed by atoms with van der Waals surface area (Å²) in [6.45, 7) is 0. The fourth-order valence-electron chi connectivity index (χ4n) is 1.85. The van der Waals surface area contributed by atoms with Crippen molar-refractivity contribution in [2.75, 3.05) is 0 Å². The van der Waals surface area contributed by atoms with Crippen molar-refractivity contribution in [3.8, 4) is 0 Å². The number of rotatable bonds is 5. The lowest BCUT2D eigenvalue weighted by molar-refractivity contribution is 0.0691. The molecule has 2 rings (SSSR count). The number of hydrogen-bond acceptors (Lipinski definition) is 1. The van der Waals surface area contributed by atoms with Gasteiger partial charge in [0.1, 0.15) is 5.69 Å². The van der Waals surface area contributed by atoms with Crippen molar-refractivity contribution in [3.63, 3.8) is 0 Å². The third-order valence-electron chi connectivity index (χ3n) is 2.82. The Morgan fingerprint density at radius 1 is 1.17 bits per heavy atom. The second-order valence-corrected chi connectivity index (χ2v) is 4.64. The summed E-state index contributed by atoms with van der Waals surface area (Å²) in [5.74, 6) is -0.918. The molecule has 0 spiro atoms. The van der Waals surface area contributed by atoms with Gasteiger partial charge in [0.25, 0.3) is 0 Å². The molecule has 1 aromatic heterocycles. The number of hydrogen-bond donors (Lipinski definition) is 2. The molecule has 2 N–H and O–H groups in total. The molecule has 0 fully saturated rings. The standard InChI is InChI=1S/C14H14ClNO2/c15-12-6-4-10(5-7-12)2-1-3-11-8-13(14(17)18)16-9-11/h4-9,16H,1-3H2,(H,17,18). The van der Waals surface area contributed by atoms with Crippen LogP contribution in [0.2, 0.25) is 5.02 Å². The normalized spacial score (nSPS) is 10.5. The first-order chi connectivity index (χ1) is 8.65. The van der Waals surface area contributed by atoms with Crippen molar-refractivity contribution in [3.05, 3.63) is 58.4 Å². The van der Waals surface area contributed by atoms with Crippen molar-refractivity contribution >= 4 is 17.6 Å². The van der Waals surface area contributed by atoms with Gasteiger partial charge in [-0.3, -0.25) is 0 Å². The molecule has 1 aromatic carbocycles. The zero-order valence-corrected chi connectivity index (χ0v) is 10.6. The fourth-order valence-corrected chi connectivity index (χ4v) is 1.98. The topological polar surface area (TPSA) is 53.1 Å². The van der Waals surface area contributed by atoms with Crippen molar-refractivity contribution in [2.24, 2.45) is 0 Å². The lowest BCUT2D eigenvalue weighted by atomic mass is 10.1. The van der Waals surface area contributed by atoms with E-state index in [-0.39, 0.29) is 5.69 Å². The summed E-state index contributed by atoms with van der Waals surface area (Å²) in [4.78, 5) is 13.4. The maximum absolute atomic E-state index is 10.7. The number of aromatic carboxylic acids is 1. The summed E-state index contributed by atoms with van der Waals surface area (Å²) < 4.78 is 0. The van der Waals surface area contributed by atoms with Gasteiger partial charge in [0.2, 0.25) is 0 Å². The summed E-state index contributed by atoms with van der Waals surface area (Å²) in [6.07, 6.45) is 4.57. The summed E-state index contributed by atoms with van der Waals surface area (Å²) >= 11 is 5.81. The number of nitrogens with one attached hydrogen (secondary N) is 1. The van der Waals surface area contributed by atoms with Crippen LogP contribution in [-0.4, -0.2) is 16.1 Å². The van der Waals surface area contributed by atoms with Gasteiger partial charge in [-0.2, -0.15) is 0 Å². The van der Waals surface area contributed by atoms with Gasteiger partial charge in [-0.1, -0.05) is 23.7 Å². The number of carboxylic acids is 1. The summed E-state index contributed by atoms with van der Waals surface area (Å²) in [7, 11) is 0. The van der Waals surface area contributed by atoms with E-state index in [0.717, 1.165) is 29.8 Å². The van der Waals surface area contributed by atoms with Crippen LogP contribution in [0.5, 0.6) is 0 Å². The van der Waals surface area contributed by atoms with Crippen molar-refractivity contribution in [2.45, 2.75) is 19.3 Å². The Balaban J connectivity index is 1.84. The monoisotopic (exact) mass is 263 g/mol. The highest BCUT2D eigenvalue weighted by molar-refractivity contribution is 6.30. The first-order valence-electron chi connectivity index (χ1n) is 5.80. The molecule has 18 heavy (non-hydrogen) atoms. The number of benzene rings is 1. The number of H-pyrrole nitrogens is 1. The molecule has 94 valence electrons. The van der Waals surface area contributed by atoms with Gasteiger partial charge >= 0.3 is 5.97 Å². The molecule has 0 saturated heterocycles. The zero-order valence-electron chi connectivity index (χ0n) is 9.82. The zero-order chi connectivity index (χ0) is 13.0. The van der Waals surface area contributed by atoms with Crippen LogP contribution in [0.3, 0.4) is 0 Å². The summed E-state index contributed by atoms with van der Waals surface area (Å²) in [5, 5.41) is 9.53. The molecule has 0 saturated carbocycles. The molecule has 0 bridgehead atoms. The average Bonchev–Trinajstić information content (AvgIpc) is 2.81. The van der Waals surface area contributed by atoms with Crippen LogP contribution in [0.25, 0.3) is 0 Å². The minimum absolute atomic E-state index is 0.247. The predicted octanol–water partition coefficient (Wildman–Crippen LogP) is 3.54. The number of aromatic amines is 1. The van der Waals surface area contributed by atoms with Crippen molar-refractivity contribution < 1.29 is 9.90 Å². The van der Waals surface area contributed by atoms with Crippen molar-refractivity contribution in [1.29, 1.82) is 0 Å². The molecule has 3 nitrogen and oxygen atoms in total. The van der Waals surface area contributed by atoms with Crippen LogP contribution in [-0.2, 0) is 12.8 Å². The first-order valence-corrected chi connectivity index (χ1v) is 6.18. The molecular weight excluding hydrogens is 250 g/mol. The van der Waals surface area contributed by atoms with E-state index in [9.17, 15) is 4.79 Å². The van der Waals surface area contributed by atoms with Gasteiger partial charge in [0.15, 0.2) is 0 Å². The number of aromatic nitrogens is 1. The predicted molar refractivity (Wildman–Crippen MR) is 71.2 cm³/mol. The quantitative estimate of drug-likeness (QED) is 0.867. The Kier molecular flexibility index (Phi) is 4.05. The number of carbonyl (C=O) groups is 1. The van der Waals surface area contributed by atoms with Gasteiger partial charge in [0.05, 0.1) is 0 Å². The van der Waals surface area contributed by atoms with E-state index < -0.39 is 5.97 Å². The summed E-state index contributed by atoms with van der Waals surface area (Å²) in [6, 6.07) is 9.49. The van der Waals surface area contributed by atoms with Crippen LogP contribution < -0.4 is 0 Å². The lowest BCUT2D eigenvalue weighted by Crippen LogP contribution is -1.94. The second-order valence-electron chi connectivity index (χ2n) is 4.21. The third kappa shape index (κ3) is 3.37. The molecule has 0 amide bonds. The van der Waals surface area contributed by atoms with E-state index in [4.69, 9.17) is 16.7 Å². The Morgan fingerprint density at radius 3 is 2.44 bits per heavy atom. The van der Waals surface area contributed by atoms with Gasteiger partial charge in [-0.05, 0) is 48.6 Å². The molecule has 4 heteroatoms.